The highest BCUT2D eigenvalue weighted by molar-refractivity contribution is 7.07. The van der Waals surface area contributed by atoms with Gasteiger partial charge < -0.3 is 10.1 Å². The van der Waals surface area contributed by atoms with Crippen molar-refractivity contribution in [2.75, 3.05) is 6.61 Å². The third-order valence-electron chi connectivity index (χ3n) is 4.44. The predicted molar refractivity (Wildman–Crippen MR) is 71.2 cm³/mol. The minimum atomic E-state index is 0.293. The van der Waals surface area contributed by atoms with Crippen molar-refractivity contribution in [2.24, 2.45) is 11.3 Å². The molecule has 0 amide bonds. The fourth-order valence-corrected chi connectivity index (χ4v) is 4.23. The summed E-state index contributed by atoms with van der Waals surface area (Å²) in [7, 11) is 0. The van der Waals surface area contributed by atoms with E-state index in [0.717, 1.165) is 19.1 Å². The zero-order valence-corrected chi connectivity index (χ0v) is 11.4. The molecule has 1 saturated carbocycles. The van der Waals surface area contributed by atoms with Gasteiger partial charge in [0.1, 0.15) is 0 Å². The van der Waals surface area contributed by atoms with Gasteiger partial charge in [-0.15, -0.1) is 0 Å². The van der Waals surface area contributed by atoms with Crippen molar-refractivity contribution >= 4 is 11.3 Å². The van der Waals surface area contributed by atoms with E-state index in [0.29, 0.717) is 17.6 Å². The summed E-state index contributed by atoms with van der Waals surface area (Å²) in [6, 6.07) is 2.82. The van der Waals surface area contributed by atoms with Crippen LogP contribution in [-0.2, 0) is 11.3 Å². The van der Waals surface area contributed by atoms with Crippen LogP contribution in [0.25, 0.3) is 0 Å². The van der Waals surface area contributed by atoms with E-state index >= 15 is 0 Å². The van der Waals surface area contributed by atoms with Crippen LogP contribution in [0.4, 0.5) is 0 Å². The van der Waals surface area contributed by atoms with Crippen LogP contribution in [0.2, 0.25) is 0 Å². The summed E-state index contributed by atoms with van der Waals surface area (Å²) in [5.74, 6) is 0.734. The fourth-order valence-electron chi connectivity index (χ4n) is 3.56. The lowest BCUT2D eigenvalue weighted by molar-refractivity contribution is -0.192. The number of hydrogen-bond donors (Lipinski definition) is 1. The van der Waals surface area contributed by atoms with E-state index < -0.39 is 0 Å². The van der Waals surface area contributed by atoms with Gasteiger partial charge in [0.15, 0.2) is 0 Å². The smallest absolute Gasteiger partial charge is 0.0684 e. The molecule has 3 heteroatoms. The normalized spacial score (nSPS) is 35.1. The second kappa shape index (κ2) is 4.38. The topological polar surface area (TPSA) is 21.3 Å². The van der Waals surface area contributed by atoms with Crippen LogP contribution in [0.1, 0.15) is 32.3 Å². The highest BCUT2D eigenvalue weighted by Gasteiger charge is 2.57. The number of hydrogen-bond acceptors (Lipinski definition) is 3. The molecule has 3 atom stereocenters. The summed E-state index contributed by atoms with van der Waals surface area (Å²) in [4.78, 5) is 0. The molecule has 3 unspecified atom stereocenters. The first-order valence-electron chi connectivity index (χ1n) is 6.55. The zero-order chi connectivity index (χ0) is 11.9. The average Bonchev–Trinajstić information content (AvgIpc) is 2.82. The minimum absolute atomic E-state index is 0.293. The van der Waals surface area contributed by atoms with Crippen molar-refractivity contribution in [1.82, 2.24) is 5.32 Å². The molecule has 2 fully saturated rings. The molecular weight excluding hydrogens is 230 g/mol. The van der Waals surface area contributed by atoms with E-state index in [1.54, 1.807) is 11.3 Å². The lowest BCUT2D eigenvalue weighted by Gasteiger charge is -2.60. The Bertz CT molecular complexity index is 374. The van der Waals surface area contributed by atoms with Gasteiger partial charge in [-0.05, 0) is 35.2 Å². The molecule has 1 aliphatic carbocycles. The molecule has 1 aromatic rings. The van der Waals surface area contributed by atoms with Gasteiger partial charge in [0.25, 0.3) is 0 Å². The molecule has 1 aromatic heterocycles. The molecule has 2 nitrogen and oxygen atoms in total. The van der Waals surface area contributed by atoms with Crippen LogP contribution in [0, 0.1) is 11.3 Å². The second-order valence-electron chi connectivity index (χ2n) is 5.91. The summed E-state index contributed by atoms with van der Waals surface area (Å²) in [5, 5.41) is 8.12. The van der Waals surface area contributed by atoms with Crippen molar-refractivity contribution in [3.63, 3.8) is 0 Å². The van der Waals surface area contributed by atoms with Crippen LogP contribution in [0.15, 0.2) is 16.8 Å². The third kappa shape index (κ3) is 1.94. The van der Waals surface area contributed by atoms with Gasteiger partial charge in [-0.25, -0.2) is 0 Å². The molecule has 1 N–H and O–H groups in total. The van der Waals surface area contributed by atoms with Gasteiger partial charge in [0.05, 0.1) is 6.10 Å². The van der Waals surface area contributed by atoms with E-state index in [2.05, 4.69) is 36.0 Å². The summed E-state index contributed by atoms with van der Waals surface area (Å²) >= 11 is 1.77. The number of rotatable bonds is 3. The SMILES string of the molecule is CC1(C)C(NCc2ccsc2)C2CCCOC21. The van der Waals surface area contributed by atoms with Crippen molar-refractivity contribution < 1.29 is 4.74 Å². The maximum Gasteiger partial charge on any atom is 0.0684 e. The van der Waals surface area contributed by atoms with Gasteiger partial charge in [0, 0.05) is 30.5 Å². The Morgan fingerprint density at radius 2 is 2.41 bits per heavy atom. The molecule has 1 saturated heterocycles. The molecule has 2 aliphatic rings. The van der Waals surface area contributed by atoms with Crippen molar-refractivity contribution in [3.8, 4) is 0 Å². The molecule has 17 heavy (non-hydrogen) atoms. The summed E-state index contributed by atoms with van der Waals surface area (Å²) < 4.78 is 5.92. The third-order valence-corrected chi connectivity index (χ3v) is 5.17. The van der Waals surface area contributed by atoms with Crippen LogP contribution in [0.3, 0.4) is 0 Å². The van der Waals surface area contributed by atoms with Gasteiger partial charge >= 0.3 is 0 Å². The number of fused-ring (bicyclic) bond motifs is 1. The van der Waals surface area contributed by atoms with Gasteiger partial charge in [-0.3, -0.25) is 0 Å². The predicted octanol–water partition coefficient (Wildman–Crippen LogP) is 3.04. The standard InChI is InChI=1S/C14H21NOS/c1-14(2)12(11-4-3-6-16-13(11)14)15-8-10-5-7-17-9-10/h5,7,9,11-13,15H,3-4,6,8H2,1-2H3. The quantitative estimate of drug-likeness (QED) is 0.891. The maximum atomic E-state index is 5.92. The van der Waals surface area contributed by atoms with E-state index in [4.69, 9.17) is 4.74 Å². The molecule has 3 rings (SSSR count). The minimum Gasteiger partial charge on any atom is -0.377 e. The number of thiophene rings is 1. The monoisotopic (exact) mass is 251 g/mol. The van der Waals surface area contributed by atoms with E-state index in [1.807, 2.05) is 0 Å². The van der Waals surface area contributed by atoms with Crippen LogP contribution < -0.4 is 5.32 Å². The number of nitrogens with one attached hydrogen (secondary N) is 1. The van der Waals surface area contributed by atoms with E-state index in [-0.39, 0.29) is 0 Å². The maximum absolute atomic E-state index is 5.92. The van der Waals surface area contributed by atoms with E-state index in [9.17, 15) is 0 Å². The van der Waals surface area contributed by atoms with Crippen molar-refractivity contribution in [1.29, 1.82) is 0 Å². The lowest BCUT2D eigenvalue weighted by atomic mass is 9.55. The first kappa shape index (κ1) is 11.7. The van der Waals surface area contributed by atoms with Crippen LogP contribution >= 0.6 is 11.3 Å². The van der Waals surface area contributed by atoms with E-state index in [1.165, 1.54) is 18.4 Å². The van der Waals surface area contributed by atoms with Crippen molar-refractivity contribution in [3.05, 3.63) is 22.4 Å². The first-order chi connectivity index (χ1) is 8.19. The molecule has 0 spiro atoms. The van der Waals surface area contributed by atoms with Crippen LogP contribution in [-0.4, -0.2) is 18.8 Å². The Kier molecular flexibility index (Phi) is 3.01. The Labute approximate surface area is 107 Å². The molecule has 94 valence electrons. The average molecular weight is 251 g/mol. The summed E-state index contributed by atoms with van der Waals surface area (Å²) in [5.41, 5.74) is 1.70. The Morgan fingerprint density at radius 3 is 3.18 bits per heavy atom. The molecule has 0 bridgehead atoms. The highest BCUT2D eigenvalue weighted by Crippen LogP contribution is 2.51. The lowest BCUT2D eigenvalue weighted by Crippen LogP contribution is -2.69. The van der Waals surface area contributed by atoms with Gasteiger partial charge in [-0.2, -0.15) is 11.3 Å². The molecule has 0 aromatic carbocycles. The van der Waals surface area contributed by atoms with Crippen molar-refractivity contribution in [2.45, 2.75) is 45.4 Å². The summed E-state index contributed by atoms with van der Waals surface area (Å²) in [6.45, 7) is 6.64. The first-order valence-corrected chi connectivity index (χ1v) is 7.50. The van der Waals surface area contributed by atoms with Gasteiger partial charge in [0.2, 0.25) is 0 Å². The summed E-state index contributed by atoms with van der Waals surface area (Å²) in [6.07, 6.45) is 3.04. The second-order valence-corrected chi connectivity index (χ2v) is 6.69. The molecule has 2 heterocycles. The van der Waals surface area contributed by atoms with Gasteiger partial charge in [-0.1, -0.05) is 13.8 Å². The number of ether oxygens (including phenoxy) is 1. The van der Waals surface area contributed by atoms with Crippen LogP contribution in [0.5, 0.6) is 0 Å². The fraction of sp³-hybridized carbons (Fsp3) is 0.714. The largest absolute Gasteiger partial charge is 0.377 e. The molecular formula is C14H21NOS. The molecule has 1 aliphatic heterocycles. The zero-order valence-electron chi connectivity index (χ0n) is 10.6. The Morgan fingerprint density at radius 1 is 1.53 bits per heavy atom. The molecule has 0 radical (unpaired) electrons. The Balaban J connectivity index is 1.62. The Hall–Kier alpha value is -0.380. The highest BCUT2D eigenvalue weighted by atomic mass is 32.1.